The van der Waals surface area contributed by atoms with Crippen molar-refractivity contribution < 1.29 is 0 Å². The van der Waals surface area contributed by atoms with Gasteiger partial charge in [-0.25, -0.2) is 0 Å². The summed E-state index contributed by atoms with van der Waals surface area (Å²) in [5.74, 6) is 0. The summed E-state index contributed by atoms with van der Waals surface area (Å²) in [5.41, 5.74) is 0.561. The normalized spacial score (nSPS) is 23.7. The molecule has 0 atom stereocenters. The second-order valence-electron chi connectivity index (χ2n) is 4.11. The highest BCUT2D eigenvalue weighted by molar-refractivity contribution is 7.77. The first-order valence-electron chi connectivity index (χ1n) is 4.10. The van der Waals surface area contributed by atoms with Crippen molar-refractivity contribution in [1.29, 1.82) is 0 Å². The highest BCUT2D eigenvalue weighted by atomic mass is 32.1. The molecule has 1 heterocycles. The third kappa shape index (κ3) is 2.65. The third-order valence-electron chi connectivity index (χ3n) is 2.34. The van der Waals surface area contributed by atoms with Crippen LogP contribution in [0.3, 0.4) is 0 Å². The molecule has 0 aromatic rings. The summed E-state index contributed by atoms with van der Waals surface area (Å²) >= 11 is 4.22. The van der Waals surface area contributed by atoms with Gasteiger partial charge in [-0.2, -0.15) is 0 Å². The number of hydrogen-bond donors (Lipinski definition) is 1. The zero-order chi connectivity index (χ0) is 8.48. The van der Waals surface area contributed by atoms with E-state index in [0.29, 0.717) is 5.41 Å². The highest BCUT2D eigenvalue weighted by Gasteiger charge is 2.35. The Kier molecular flexibility index (Phi) is 2.84. The van der Waals surface area contributed by atoms with Crippen molar-refractivity contribution in [3.8, 4) is 0 Å². The van der Waals surface area contributed by atoms with Gasteiger partial charge in [-0.15, -0.1) is 0 Å². The van der Waals surface area contributed by atoms with Crippen LogP contribution in [0.25, 0.3) is 0 Å². The summed E-state index contributed by atoms with van der Waals surface area (Å²) in [6.07, 6.45) is 1.26. The Morgan fingerprint density at radius 3 is 2.45 bits per heavy atom. The van der Waals surface area contributed by atoms with Gasteiger partial charge in [-0.1, -0.05) is 19.7 Å². The Morgan fingerprint density at radius 2 is 2.09 bits per heavy atom. The van der Waals surface area contributed by atoms with Crippen LogP contribution in [-0.2, 0) is 0 Å². The quantitative estimate of drug-likeness (QED) is 0.640. The van der Waals surface area contributed by atoms with Crippen LogP contribution in [0.4, 0.5) is 0 Å². The monoisotopic (exact) mass is 174 g/mol. The van der Waals surface area contributed by atoms with Crippen molar-refractivity contribution in [2.75, 3.05) is 33.7 Å². The molecule has 1 aliphatic rings. The molecule has 66 valence electrons. The van der Waals surface area contributed by atoms with Gasteiger partial charge >= 0.3 is 0 Å². The van der Waals surface area contributed by atoms with Gasteiger partial charge in [0, 0.05) is 19.6 Å². The molecule has 0 saturated carbocycles. The molecule has 2 nitrogen and oxygen atoms in total. The van der Waals surface area contributed by atoms with E-state index in [1.807, 2.05) is 11.4 Å². The van der Waals surface area contributed by atoms with Gasteiger partial charge in [0.05, 0.1) is 0 Å². The van der Waals surface area contributed by atoms with Crippen LogP contribution in [0.5, 0.6) is 0 Å². The highest BCUT2D eigenvalue weighted by Crippen LogP contribution is 2.31. The second-order valence-corrected chi connectivity index (χ2v) is 4.80. The van der Waals surface area contributed by atoms with Crippen LogP contribution in [0, 0.1) is 5.41 Å². The third-order valence-corrected chi connectivity index (χ3v) is 2.54. The van der Waals surface area contributed by atoms with Crippen molar-refractivity contribution in [3.05, 3.63) is 0 Å². The zero-order valence-corrected chi connectivity index (χ0v) is 8.56. The van der Waals surface area contributed by atoms with Gasteiger partial charge in [0.1, 0.15) is 0 Å². The lowest BCUT2D eigenvalue weighted by Gasteiger charge is -2.46. The summed E-state index contributed by atoms with van der Waals surface area (Å²) in [5, 5.41) is 0. The molecule has 0 aliphatic carbocycles. The lowest BCUT2D eigenvalue weighted by Crippen LogP contribution is -2.53. The molecule has 1 rings (SSSR count). The zero-order valence-electron chi connectivity index (χ0n) is 7.67. The van der Waals surface area contributed by atoms with Crippen LogP contribution >= 0.6 is 12.8 Å². The second kappa shape index (κ2) is 3.33. The predicted octanol–water partition coefficient (Wildman–Crippen LogP) is 1.10. The Morgan fingerprint density at radius 1 is 1.55 bits per heavy atom. The molecular weight excluding hydrogens is 156 g/mol. The molecule has 3 heteroatoms. The van der Waals surface area contributed by atoms with Crippen LogP contribution < -0.4 is 0 Å². The fraction of sp³-hybridized carbons (Fsp3) is 1.00. The van der Waals surface area contributed by atoms with Crippen molar-refractivity contribution >= 4 is 12.8 Å². The Hall–Kier alpha value is 0.270. The van der Waals surface area contributed by atoms with E-state index < -0.39 is 0 Å². The van der Waals surface area contributed by atoms with E-state index >= 15 is 0 Å². The summed E-state index contributed by atoms with van der Waals surface area (Å²) in [4.78, 5) is 2.36. The maximum absolute atomic E-state index is 4.22. The molecule has 1 fully saturated rings. The van der Waals surface area contributed by atoms with Gasteiger partial charge in [0.15, 0.2) is 0 Å². The topological polar surface area (TPSA) is 6.48 Å². The molecule has 0 bridgehead atoms. The van der Waals surface area contributed by atoms with Crippen LogP contribution in [0.2, 0.25) is 0 Å². The summed E-state index contributed by atoms with van der Waals surface area (Å²) < 4.78 is 1.96. The standard InChI is InChI=1S/C8H18N2S/c1-8(4-5-10(3)11)6-9(2)7-8/h11H,4-7H2,1-3H3. The maximum atomic E-state index is 4.22. The van der Waals surface area contributed by atoms with Crippen molar-refractivity contribution in [1.82, 2.24) is 9.21 Å². The first-order chi connectivity index (χ1) is 5.02. The smallest absolute Gasteiger partial charge is 0.00900 e. The molecule has 0 aromatic carbocycles. The average molecular weight is 174 g/mol. The number of hydrogen-bond acceptors (Lipinski definition) is 3. The lowest BCUT2D eigenvalue weighted by molar-refractivity contribution is 0.0293. The van der Waals surface area contributed by atoms with E-state index in [-0.39, 0.29) is 0 Å². The minimum atomic E-state index is 0.561. The Bertz CT molecular complexity index is 130. The number of thiol groups is 1. The van der Waals surface area contributed by atoms with Crippen LogP contribution in [0.1, 0.15) is 13.3 Å². The molecule has 0 amide bonds. The van der Waals surface area contributed by atoms with Gasteiger partial charge in [0.25, 0.3) is 0 Å². The van der Waals surface area contributed by atoms with Crippen molar-refractivity contribution in [3.63, 3.8) is 0 Å². The van der Waals surface area contributed by atoms with Gasteiger partial charge in [-0.3, -0.25) is 4.31 Å². The minimum Gasteiger partial charge on any atom is -0.305 e. The van der Waals surface area contributed by atoms with Gasteiger partial charge < -0.3 is 4.90 Å². The number of likely N-dealkylation sites (tertiary alicyclic amines) is 1. The molecule has 0 aromatic heterocycles. The van der Waals surface area contributed by atoms with E-state index in [1.165, 1.54) is 19.5 Å². The molecule has 0 radical (unpaired) electrons. The summed E-state index contributed by atoms with van der Waals surface area (Å²) in [6, 6.07) is 0. The minimum absolute atomic E-state index is 0.561. The van der Waals surface area contributed by atoms with Crippen molar-refractivity contribution in [2.24, 2.45) is 5.41 Å². The van der Waals surface area contributed by atoms with E-state index in [1.54, 1.807) is 0 Å². The van der Waals surface area contributed by atoms with E-state index in [9.17, 15) is 0 Å². The number of nitrogens with zero attached hydrogens (tertiary/aromatic N) is 2. The van der Waals surface area contributed by atoms with Crippen molar-refractivity contribution in [2.45, 2.75) is 13.3 Å². The Balaban J connectivity index is 2.16. The lowest BCUT2D eigenvalue weighted by atomic mass is 9.79. The van der Waals surface area contributed by atoms with E-state index in [4.69, 9.17) is 0 Å². The predicted molar refractivity (Wildman–Crippen MR) is 51.8 cm³/mol. The number of rotatable bonds is 3. The SMILES string of the molecule is CN(S)CCC1(C)CN(C)C1. The average Bonchev–Trinajstić information content (AvgIpc) is 1.81. The fourth-order valence-corrected chi connectivity index (χ4v) is 1.95. The molecule has 11 heavy (non-hydrogen) atoms. The first-order valence-corrected chi connectivity index (χ1v) is 4.50. The first kappa shape index (κ1) is 9.36. The van der Waals surface area contributed by atoms with Crippen LogP contribution in [0.15, 0.2) is 0 Å². The molecule has 0 spiro atoms. The van der Waals surface area contributed by atoms with E-state index in [2.05, 4.69) is 31.7 Å². The molecule has 1 aliphatic heterocycles. The van der Waals surface area contributed by atoms with Gasteiger partial charge in [0.2, 0.25) is 0 Å². The largest absolute Gasteiger partial charge is 0.305 e. The molecule has 1 saturated heterocycles. The molecule has 0 unspecified atom stereocenters. The maximum Gasteiger partial charge on any atom is 0.00900 e. The van der Waals surface area contributed by atoms with Crippen LogP contribution in [-0.4, -0.2) is 42.9 Å². The summed E-state index contributed by atoms with van der Waals surface area (Å²) in [7, 11) is 4.18. The van der Waals surface area contributed by atoms with Gasteiger partial charge in [-0.05, 0) is 25.9 Å². The van der Waals surface area contributed by atoms with E-state index in [0.717, 1.165) is 6.54 Å². The summed E-state index contributed by atoms with van der Waals surface area (Å²) in [6.45, 7) is 5.93. The Labute approximate surface area is 75.1 Å². The fourth-order valence-electron chi connectivity index (χ4n) is 1.85. The molecular formula is C8H18N2S. The molecule has 0 N–H and O–H groups in total.